The number of rotatable bonds is 6. The van der Waals surface area contributed by atoms with E-state index in [4.69, 9.17) is 38.3 Å². The van der Waals surface area contributed by atoms with E-state index < -0.39 is 102 Å². The maximum Gasteiger partial charge on any atom is 0.449 e. The molecule has 14 atom stereocenters. The summed E-state index contributed by atoms with van der Waals surface area (Å²) >= 11 is 0. The van der Waals surface area contributed by atoms with Crippen LogP contribution in [0.3, 0.4) is 0 Å². The van der Waals surface area contributed by atoms with E-state index in [1.54, 1.807) is 13.8 Å². The summed E-state index contributed by atoms with van der Waals surface area (Å²) in [6.45, 7) is 7.09. The highest BCUT2D eigenvalue weighted by molar-refractivity contribution is 5.95. The smallest absolute Gasteiger partial charge is 0.449 e. The van der Waals surface area contributed by atoms with E-state index in [1.165, 1.54) is 6.92 Å². The minimum absolute atomic E-state index is 0.00638. The molecule has 6 heterocycles. The second kappa shape index (κ2) is 12.7. The zero-order valence-electron chi connectivity index (χ0n) is 29.2. The van der Waals surface area contributed by atoms with Gasteiger partial charge in [0.15, 0.2) is 17.5 Å². The third kappa shape index (κ3) is 5.57. The van der Waals surface area contributed by atoms with Gasteiger partial charge in [0.05, 0.1) is 18.3 Å². The van der Waals surface area contributed by atoms with E-state index in [0.29, 0.717) is 38.5 Å². The molecule has 5 saturated heterocycles. The summed E-state index contributed by atoms with van der Waals surface area (Å²) in [6, 6.07) is 0. The molecule has 0 aromatic carbocycles. The molecule has 7 fully saturated rings. The zero-order valence-corrected chi connectivity index (χ0v) is 29.2. The van der Waals surface area contributed by atoms with Gasteiger partial charge in [0.1, 0.15) is 0 Å². The summed E-state index contributed by atoms with van der Waals surface area (Å²) in [5, 5.41) is 12.7. The maximum atomic E-state index is 15.2. The number of carbonyl (C=O) groups is 1. The van der Waals surface area contributed by atoms with E-state index in [0.717, 1.165) is 0 Å². The van der Waals surface area contributed by atoms with Gasteiger partial charge in [-0.3, -0.25) is 10.1 Å². The van der Waals surface area contributed by atoms with E-state index in [1.807, 2.05) is 13.8 Å². The highest BCUT2D eigenvalue weighted by atomic mass is 19.4. The molecule has 17 heteroatoms. The molecule has 290 valence electrons. The van der Waals surface area contributed by atoms with Crippen molar-refractivity contribution >= 4 is 5.91 Å². The van der Waals surface area contributed by atoms with Gasteiger partial charge < -0.3 is 29.0 Å². The molecule has 6 aliphatic heterocycles. The third-order valence-electron chi connectivity index (χ3n) is 13.2. The van der Waals surface area contributed by atoms with Crippen LogP contribution in [-0.2, 0) is 43.1 Å². The van der Waals surface area contributed by atoms with Gasteiger partial charge in [-0.1, -0.05) is 20.8 Å². The van der Waals surface area contributed by atoms with Crippen molar-refractivity contribution in [3.63, 3.8) is 0 Å². The van der Waals surface area contributed by atoms with Crippen LogP contribution < -0.4 is 5.32 Å². The molecule has 0 radical (unpaired) electrons. The predicted molar refractivity (Wildman–Crippen MR) is 160 cm³/mol. The number of carbonyl (C=O) groups excluding carboxylic acids is 1. The molecular weight excluding hydrogens is 696 g/mol. The number of nitrogens with one attached hydrogen (secondary N) is 1. The van der Waals surface area contributed by atoms with Crippen molar-refractivity contribution in [3.8, 4) is 0 Å². The molecule has 2 aliphatic carbocycles. The number of amides is 1. The fourth-order valence-corrected chi connectivity index (χ4v) is 10.6. The molecule has 2 bridgehead atoms. The fraction of sp³-hybridized carbons (Fsp3) is 0.912. The van der Waals surface area contributed by atoms with Crippen LogP contribution in [0.25, 0.3) is 0 Å². The van der Waals surface area contributed by atoms with E-state index in [2.05, 4.69) is 5.32 Å². The highest BCUT2D eigenvalue weighted by Gasteiger charge is 2.75. The van der Waals surface area contributed by atoms with E-state index >= 15 is 13.2 Å². The second-order valence-electron chi connectivity index (χ2n) is 16.0. The van der Waals surface area contributed by atoms with Crippen molar-refractivity contribution in [1.82, 2.24) is 5.32 Å². The van der Waals surface area contributed by atoms with Gasteiger partial charge in [0.25, 0.3) is 11.7 Å². The number of hydrogen-bond acceptors (Lipinski definition) is 10. The van der Waals surface area contributed by atoms with Crippen LogP contribution >= 0.6 is 0 Å². The van der Waals surface area contributed by atoms with Gasteiger partial charge in [-0.15, -0.1) is 0 Å². The van der Waals surface area contributed by atoms with Crippen LogP contribution in [0.15, 0.2) is 11.3 Å². The average Bonchev–Trinajstić information content (AvgIpc) is 3.37. The summed E-state index contributed by atoms with van der Waals surface area (Å²) < 4.78 is 118. The molecule has 1 amide bonds. The number of fused-ring (bicyclic) bond motifs is 2. The van der Waals surface area contributed by atoms with Gasteiger partial charge in [-0.2, -0.15) is 26.3 Å². The molecule has 2 N–H and O–H groups in total. The Hall–Kier alpha value is -1.73. The Morgan fingerprint density at radius 2 is 1.57 bits per heavy atom. The second-order valence-corrected chi connectivity index (χ2v) is 16.0. The predicted octanol–water partition coefficient (Wildman–Crippen LogP) is 6.52. The molecule has 2 saturated carbocycles. The van der Waals surface area contributed by atoms with Gasteiger partial charge >= 0.3 is 12.4 Å². The van der Waals surface area contributed by atoms with Crippen molar-refractivity contribution in [2.45, 2.75) is 140 Å². The number of hydrogen-bond donors (Lipinski definition) is 2. The number of alkyl halides is 6. The van der Waals surface area contributed by atoms with Crippen LogP contribution in [0.4, 0.5) is 26.3 Å². The quantitative estimate of drug-likeness (QED) is 0.135. The minimum atomic E-state index is -5.12. The lowest BCUT2D eigenvalue weighted by Crippen LogP contribution is -2.74. The number of allylic oxidation sites excluding steroid dienone is 1. The van der Waals surface area contributed by atoms with Crippen LogP contribution in [-0.4, -0.2) is 78.1 Å². The summed E-state index contributed by atoms with van der Waals surface area (Å²) in [5.41, 5.74) is -3.86. The van der Waals surface area contributed by atoms with Gasteiger partial charge in [0, 0.05) is 36.6 Å². The molecule has 0 aromatic heterocycles. The average molecular weight is 744 g/mol. The minimum Gasteiger partial charge on any atom is -0.456 e. The molecule has 51 heavy (non-hydrogen) atoms. The van der Waals surface area contributed by atoms with E-state index in [-0.39, 0.29) is 36.5 Å². The van der Waals surface area contributed by atoms with Crippen molar-refractivity contribution < 1.29 is 74.7 Å². The fourth-order valence-electron chi connectivity index (χ4n) is 10.6. The summed E-state index contributed by atoms with van der Waals surface area (Å²) in [4.78, 5) is 30.4. The lowest BCUT2D eigenvalue weighted by atomic mass is 9.56. The summed E-state index contributed by atoms with van der Waals surface area (Å²) in [6.07, 6.45) is -10.5. The largest absolute Gasteiger partial charge is 0.456 e. The lowest BCUT2D eigenvalue weighted by Gasteiger charge is -2.60. The molecular formula is C34H47F6NO10. The third-order valence-corrected chi connectivity index (χ3v) is 13.2. The topological polar surface area (TPSA) is 123 Å². The van der Waals surface area contributed by atoms with Crippen molar-refractivity contribution in [2.24, 2.45) is 41.4 Å². The first-order chi connectivity index (χ1) is 23.8. The standard InChI is InChI=1S/C34H47F6NO10/c1-16-6-9-22-19(4)32(34(38,39)40,48-27-30(22,49-43)20(16)11-8-18(3)45-27)44-15-14-41-26(42)24-23-10-7-17(2)21-12-13-29(5)47-28(31(21,23)51-50-29)46-25(24)33(35,36)37/h16-23,27-28,43H,6-15H2,1-5H3,(H,41,42)/t16-,17-,18+,19-,20?,21?,22+,23+,27+,28-,29?,30?,31-,32-/m1/s1. The highest BCUT2D eigenvalue weighted by Crippen LogP contribution is 2.63. The lowest BCUT2D eigenvalue weighted by molar-refractivity contribution is -0.557. The molecule has 11 nitrogen and oxygen atoms in total. The summed E-state index contributed by atoms with van der Waals surface area (Å²) in [5.74, 6) is -11.5. The van der Waals surface area contributed by atoms with Crippen molar-refractivity contribution in [3.05, 3.63) is 11.3 Å². The van der Waals surface area contributed by atoms with Crippen LogP contribution in [0.5, 0.6) is 0 Å². The van der Waals surface area contributed by atoms with Crippen LogP contribution in [0.1, 0.15) is 86.0 Å². The zero-order chi connectivity index (χ0) is 36.9. The van der Waals surface area contributed by atoms with Gasteiger partial charge in [0.2, 0.25) is 17.8 Å². The molecule has 8 rings (SSSR count). The number of halogens is 6. The number of ether oxygens (including phenoxy) is 5. The van der Waals surface area contributed by atoms with Crippen molar-refractivity contribution in [2.75, 3.05) is 13.2 Å². The monoisotopic (exact) mass is 743 g/mol. The molecule has 1 spiro atoms. The van der Waals surface area contributed by atoms with Crippen LogP contribution in [0.2, 0.25) is 0 Å². The SMILES string of the molecule is C[C@@H]1CC[C@H]2[C@@H](C)[C@](OCCNC(=O)C3=C(C(F)(F)F)O[C@@H]4OC5(C)CCC6[C@H](C)CC[C@@H]3[C@]64OO5)(C(F)(F)F)O[C@@H]3O[C@@H](C)CCC1C32OO. The first-order valence-corrected chi connectivity index (χ1v) is 18.0. The van der Waals surface area contributed by atoms with Gasteiger partial charge in [-0.25, -0.2) is 14.7 Å². The van der Waals surface area contributed by atoms with Crippen molar-refractivity contribution in [1.29, 1.82) is 0 Å². The van der Waals surface area contributed by atoms with E-state index in [9.17, 15) is 23.2 Å². The maximum absolute atomic E-state index is 15.2. The first-order valence-electron chi connectivity index (χ1n) is 18.0. The molecule has 0 aromatic rings. The molecule has 4 unspecified atom stereocenters. The summed E-state index contributed by atoms with van der Waals surface area (Å²) in [7, 11) is 0. The van der Waals surface area contributed by atoms with Crippen LogP contribution in [0, 0.1) is 41.4 Å². The normalized spacial score (nSPS) is 48.2. The molecule has 8 aliphatic rings. The Kier molecular flexibility index (Phi) is 9.34. The Balaban J connectivity index is 1.14. The Morgan fingerprint density at radius 3 is 2.25 bits per heavy atom. The Morgan fingerprint density at radius 1 is 0.882 bits per heavy atom. The van der Waals surface area contributed by atoms with Gasteiger partial charge in [-0.05, 0) is 76.5 Å². The Bertz CT molecular complexity index is 1400. The Labute approximate surface area is 291 Å². The first kappa shape index (κ1) is 37.6.